The van der Waals surface area contributed by atoms with E-state index >= 15 is 0 Å². The molecule has 2 heterocycles. The quantitative estimate of drug-likeness (QED) is 0.872. The molecule has 0 spiro atoms. The van der Waals surface area contributed by atoms with E-state index in [1.807, 2.05) is 0 Å². The molecule has 0 radical (unpaired) electrons. The molecule has 8 heteroatoms. The van der Waals surface area contributed by atoms with Crippen LogP contribution in [0.4, 0.5) is 5.69 Å². The maximum atomic E-state index is 11.7. The lowest BCUT2D eigenvalue weighted by molar-refractivity contribution is -0.116. The number of carbonyl (C=O) groups excluding carboxylic acids is 1. The molecule has 1 amide bonds. The number of amides is 1. The van der Waals surface area contributed by atoms with Crippen LogP contribution in [0.5, 0.6) is 0 Å². The number of hydrogen-bond donors (Lipinski definition) is 1. The van der Waals surface area contributed by atoms with Gasteiger partial charge in [-0.2, -0.15) is 0 Å². The van der Waals surface area contributed by atoms with Crippen LogP contribution in [0.2, 0.25) is 10.3 Å². The second-order valence-electron chi connectivity index (χ2n) is 3.43. The van der Waals surface area contributed by atoms with Crippen LogP contribution in [-0.4, -0.2) is 25.4 Å². The number of aromatic nitrogens is 4. The molecule has 0 aliphatic carbocycles. The lowest BCUT2D eigenvalue weighted by atomic mass is 10.4. The van der Waals surface area contributed by atoms with E-state index in [1.54, 1.807) is 23.3 Å². The Balaban J connectivity index is 1.95. The summed E-state index contributed by atoms with van der Waals surface area (Å²) >= 11 is 11.6. The summed E-state index contributed by atoms with van der Waals surface area (Å²) in [6, 6.07) is 0. The number of hydrogen-bond acceptors (Lipinski definition) is 4. The highest BCUT2D eigenvalue weighted by molar-refractivity contribution is 6.38. The molecule has 1 N–H and O–H groups in total. The summed E-state index contributed by atoms with van der Waals surface area (Å²) in [4.78, 5) is 23.1. The van der Waals surface area contributed by atoms with Gasteiger partial charge in [0.05, 0.1) is 6.33 Å². The number of aryl methyl sites for hydroxylation is 1. The van der Waals surface area contributed by atoms with Crippen molar-refractivity contribution < 1.29 is 4.79 Å². The van der Waals surface area contributed by atoms with Gasteiger partial charge in [-0.3, -0.25) is 4.79 Å². The summed E-state index contributed by atoms with van der Waals surface area (Å²) in [5.41, 5.74) is 0.233. The molecule has 0 unspecified atom stereocenters. The fourth-order valence-electron chi connectivity index (χ4n) is 1.30. The zero-order valence-electron chi connectivity index (χ0n) is 9.18. The Kier molecular flexibility index (Phi) is 4.11. The Morgan fingerprint density at radius 3 is 2.67 bits per heavy atom. The molecule has 0 aromatic carbocycles. The van der Waals surface area contributed by atoms with E-state index in [1.165, 1.54) is 6.33 Å². The standard InChI is InChI=1S/C10H9Cl2N5O/c11-9-8(10(12)15-5-14-9)16-7(18)1-3-17-4-2-13-6-17/h2,4-6H,1,3H2,(H,16,18). The van der Waals surface area contributed by atoms with Gasteiger partial charge < -0.3 is 9.88 Å². The van der Waals surface area contributed by atoms with E-state index in [4.69, 9.17) is 23.2 Å². The third-order valence-electron chi connectivity index (χ3n) is 2.18. The molecule has 18 heavy (non-hydrogen) atoms. The van der Waals surface area contributed by atoms with Crippen molar-refractivity contribution in [2.24, 2.45) is 0 Å². The minimum Gasteiger partial charge on any atom is -0.337 e. The summed E-state index contributed by atoms with van der Waals surface area (Å²) in [5.74, 6) is -0.220. The fraction of sp³-hybridized carbons (Fsp3) is 0.200. The maximum Gasteiger partial charge on any atom is 0.226 e. The number of nitrogens with one attached hydrogen (secondary N) is 1. The van der Waals surface area contributed by atoms with Crippen molar-refractivity contribution in [2.45, 2.75) is 13.0 Å². The predicted octanol–water partition coefficient (Wildman–Crippen LogP) is 2.01. The number of rotatable bonds is 4. The van der Waals surface area contributed by atoms with Gasteiger partial charge in [-0.25, -0.2) is 15.0 Å². The number of halogens is 2. The van der Waals surface area contributed by atoms with Gasteiger partial charge in [0, 0.05) is 25.4 Å². The molecule has 0 saturated heterocycles. The van der Waals surface area contributed by atoms with Crippen LogP contribution in [-0.2, 0) is 11.3 Å². The van der Waals surface area contributed by atoms with E-state index in [9.17, 15) is 4.79 Å². The lowest BCUT2D eigenvalue weighted by Gasteiger charge is -2.07. The van der Waals surface area contributed by atoms with Crippen LogP contribution in [0.1, 0.15) is 6.42 Å². The van der Waals surface area contributed by atoms with Crippen molar-refractivity contribution in [1.82, 2.24) is 19.5 Å². The first-order chi connectivity index (χ1) is 8.66. The third kappa shape index (κ3) is 3.18. The molecular formula is C10H9Cl2N5O. The van der Waals surface area contributed by atoms with Crippen LogP contribution in [0.25, 0.3) is 0 Å². The van der Waals surface area contributed by atoms with Gasteiger partial charge >= 0.3 is 0 Å². The van der Waals surface area contributed by atoms with E-state index in [0.717, 1.165) is 0 Å². The van der Waals surface area contributed by atoms with Gasteiger partial charge in [-0.15, -0.1) is 0 Å². The van der Waals surface area contributed by atoms with Gasteiger partial charge in [0.1, 0.15) is 12.0 Å². The molecule has 0 fully saturated rings. The van der Waals surface area contributed by atoms with Crippen molar-refractivity contribution in [2.75, 3.05) is 5.32 Å². The Bertz CT molecular complexity index is 523. The minimum absolute atomic E-state index is 0.117. The van der Waals surface area contributed by atoms with Crippen molar-refractivity contribution in [3.63, 3.8) is 0 Å². The molecular weight excluding hydrogens is 277 g/mol. The summed E-state index contributed by atoms with van der Waals surface area (Å²) in [6.07, 6.45) is 6.57. The largest absolute Gasteiger partial charge is 0.337 e. The maximum absolute atomic E-state index is 11.7. The molecule has 0 bridgehead atoms. The number of nitrogens with zero attached hydrogens (tertiary/aromatic N) is 4. The number of imidazole rings is 1. The first-order valence-corrected chi connectivity index (χ1v) is 5.84. The summed E-state index contributed by atoms with van der Waals surface area (Å²) < 4.78 is 1.80. The van der Waals surface area contributed by atoms with Gasteiger partial charge in [-0.05, 0) is 0 Å². The Morgan fingerprint density at radius 2 is 2.06 bits per heavy atom. The normalized spacial score (nSPS) is 10.3. The molecule has 2 aromatic rings. The first kappa shape index (κ1) is 12.8. The topological polar surface area (TPSA) is 72.7 Å². The van der Waals surface area contributed by atoms with Crippen molar-refractivity contribution in [1.29, 1.82) is 0 Å². The lowest BCUT2D eigenvalue weighted by Crippen LogP contribution is -2.15. The average Bonchev–Trinajstić information content (AvgIpc) is 2.84. The van der Waals surface area contributed by atoms with E-state index in [-0.39, 0.29) is 28.3 Å². The highest BCUT2D eigenvalue weighted by Crippen LogP contribution is 2.25. The Labute approximate surface area is 113 Å². The first-order valence-electron chi connectivity index (χ1n) is 5.08. The Hall–Kier alpha value is -1.66. The molecule has 0 saturated carbocycles. The SMILES string of the molecule is O=C(CCn1ccnc1)Nc1c(Cl)ncnc1Cl. The third-order valence-corrected chi connectivity index (χ3v) is 2.75. The molecule has 94 valence electrons. The summed E-state index contributed by atoms with van der Waals surface area (Å²) in [7, 11) is 0. The van der Waals surface area contributed by atoms with Gasteiger partial charge in [0.2, 0.25) is 5.91 Å². The zero-order valence-corrected chi connectivity index (χ0v) is 10.7. The summed E-state index contributed by atoms with van der Waals surface area (Å²) in [6.45, 7) is 0.523. The molecule has 6 nitrogen and oxygen atoms in total. The fourth-order valence-corrected chi connectivity index (χ4v) is 1.71. The Morgan fingerprint density at radius 1 is 1.33 bits per heavy atom. The van der Waals surface area contributed by atoms with Crippen LogP contribution in [0.15, 0.2) is 25.0 Å². The predicted molar refractivity (Wildman–Crippen MR) is 67.5 cm³/mol. The highest BCUT2D eigenvalue weighted by atomic mass is 35.5. The average molecular weight is 286 g/mol. The molecule has 2 rings (SSSR count). The van der Waals surface area contributed by atoms with Crippen LogP contribution in [0.3, 0.4) is 0 Å². The minimum atomic E-state index is -0.220. The molecule has 2 aromatic heterocycles. The molecule has 0 atom stereocenters. The van der Waals surface area contributed by atoms with Crippen LogP contribution >= 0.6 is 23.2 Å². The van der Waals surface area contributed by atoms with Crippen LogP contribution in [0, 0.1) is 0 Å². The monoisotopic (exact) mass is 285 g/mol. The van der Waals surface area contributed by atoms with Crippen molar-refractivity contribution in [3.8, 4) is 0 Å². The van der Waals surface area contributed by atoms with E-state index in [0.29, 0.717) is 6.54 Å². The van der Waals surface area contributed by atoms with Crippen LogP contribution < -0.4 is 5.32 Å². The highest BCUT2D eigenvalue weighted by Gasteiger charge is 2.11. The van der Waals surface area contributed by atoms with Gasteiger partial charge in [0.25, 0.3) is 0 Å². The second-order valence-corrected chi connectivity index (χ2v) is 4.15. The van der Waals surface area contributed by atoms with Gasteiger partial charge in [-0.1, -0.05) is 23.2 Å². The van der Waals surface area contributed by atoms with Gasteiger partial charge in [0.15, 0.2) is 10.3 Å². The molecule has 0 aliphatic heterocycles. The van der Waals surface area contributed by atoms with E-state index < -0.39 is 0 Å². The zero-order chi connectivity index (χ0) is 13.0. The smallest absolute Gasteiger partial charge is 0.226 e. The number of anilines is 1. The second kappa shape index (κ2) is 5.79. The van der Waals surface area contributed by atoms with Crippen molar-refractivity contribution >= 4 is 34.8 Å². The van der Waals surface area contributed by atoms with E-state index in [2.05, 4.69) is 20.3 Å². The summed E-state index contributed by atoms with van der Waals surface area (Å²) in [5, 5.41) is 2.81. The van der Waals surface area contributed by atoms with Crippen molar-refractivity contribution in [3.05, 3.63) is 35.4 Å². The number of carbonyl (C=O) groups is 1. The molecule has 0 aliphatic rings.